The van der Waals surface area contributed by atoms with Crippen molar-refractivity contribution in [2.75, 3.05) is 25.6 Å². The molecular weight excluding hydrogens is 384 g/mol. The number of thiophene rings is 1. The minimum Gasteiger partial charge on any atom is -0.465 e. The third kappa shape index (κ3) is 4.95. The van der Waals surface area contributed by atoms with Crippen molar-refractivity contribution in [3.63, 3.8) is 0 Å². The van der Waals surface area contributed by atoms with Crippen LogP contribution in [0.2, 0.25) is 0 Å². The fourth-order valence-electron chi connectivity index (χ4n) is 2.36. The van der Waals surface area contributed by atoms with E-state index in [2.05, 4.69) is 10.6 Å². The Balaban J connectivity index is 2.15. The van der Waals surface area contributed by atoms with Crippen molar-refractivity contribution in [3.8, 4) is 0 Å². The summed E-state index contributed by atoms with van der Waals surface area (Å²) in [5.74, 6) is -2.23. The van der Waals surface area contributed by atoms with Gasteiger partial charge in [-0.2, -0.15) is 0 Å². The van der Waals surface area contributed by atoms with Crippen LogP contribution in [0.5, 0.6) is 0 Å². The number of anilines is 1. The van der Waals surface area contributed by atoms with E-state index in [0.717, 1.165) is 11.3 Å². The van der Waals surface area contributed by atoms with Crippen LogP contribution < -0.4 is 10.6 Å². The molecule has 0 fully saturated rings. The van der Waals surface area contributed by atoms with E-state index in [9.17, 15) is 19.2 Å². The van der Waals surface area contributed by atoms with Crippen molar-refractivity contribution >= 4 is 40.1 Å². The van der Waals surface area contributed by atoms with Crippen molar-refractivity contribution < 1.29 is 28.7 Å². The van der Waals surface area contributed by atoms with Crippen molar-refractivity contribution in [3.05, 3.63) is 51.9 Å². The SMILES string of the molecule is CCOC(=O)c1c(NC(=O)CNC(=O)c2ccccc2)sc(C(=O)OC)c1C. The Kier molecular flexibility index (Phi) is 7.28. The van der Waals surface area contributed by atoms with E-state index in [-0.39, 0.29) is 28.6 Å². The highest BCUT2D eigenvalue weighted by molar-refractivity contribution is 7.18. The van der Waals surface area contributed by atoms with Gasteiger partial charge in [-0.15, -0.1) is 11.3 Å². The fraction of sp³-hybridized carbons (Fsp3) is 0.263. The third-order valence-corrected chi connectivity index (χ3v) is 4.88. The Bertz CT molecular complexity index is 891. The zero-order valence-electron chi connectivity index (χ0n) is 15.7. The van der Waals surface area contributed by atoms with Crippen LogP contribution in [-0.2, 0) is 14.3 Å². The number of amides is 2. The normalized spacial score (nSPS) is 10.1. The Hall–Kier alpha value is -3.20. The third-order valence-electron chi connectivity index (χ3n) is 3.70. The summed E-state index contributed by atoms with van der Waals surface area (Å²) in [6.45, 7) is 3.06. The van der Waals surface area contributed by atoms with Crippen molar-refractivity contribution in [2.45, 2.75) is 13.8 Å². The maximum atomic E-state index is 12.3. The van der Waals surface area contributed by atoms with Gasteiger partial charge < -0.3 is 20.1 Å². The number of esters is 2. The van der Waals surface area contributed by atoms with Crippen LogP contribution in [0, 0.1) is 6.92 Å². The van der Waals surface area contributed by atoms with Crippen LogP contribution in [0.4, 0.5) is 5.00 Å². The molecule has 0 bridgehead atoms. The number of carbonyl (C=O) groups excluding carboxylic acids is 4. The lowest BCUT2D eigenvalue weighted by atomic mass is 10.1. The molecule has 0 spiro atoms. The van der Waals surface area contributed by atoms with Crippen LogP contribution in [0.25, 0.3) is 0 Å². The average Bonchev–Trinajstić information content (AvgIpc) is 3.02. The van der Waals surface area contributed by atoms with Gasteiger partial charge in [-0.25, -0.2) is 9.59 Å². The lowest BCUT2D eigenvalue weighted by Crippen LogP contribution is -2.33. The number of methoxy groups -OCH3 is 1. The molecule has 148 valence electrons. The second-order valence-corrected chi connectivity index (χ2v) is 6.59. The van der Waals surface area contributed by atoms with Crippen molar-refractivity contribution in [1.29, 1.82) is 0 Å². The van der Waals surface area contributed by atoms with Gasteiger partial charge in [0, 0.05) is 5.56 Å². The van der Waals surface area contributed by atoms with E-state index in [4.69, 9.17) is 9.47 Å². The molecule has 1 heterocycles. The van der Waals surface area contributed by atoms with Gasteiger partial charge in [0.05, 0.1) is 25.8 Å². The predicted molar refractivity (Wildman–Crippen MR) is 104 cm³/mol. The van der Waals surface area contributed by atoms with Gasteiger partial charge in [-0.3, -0.25) is 9.59 Å². The molecule has 0 aliphatic heterocycles. The second kappa shape index (κ2) is 9.65. The predicted octanol–water partition coefficient (Wildman–Crippen LogP) is 2.39. The molecule has 0 saturated heterocycles. The fourth-order valence-corrected chi connectivity index (χ4v) is 3.49. The first-order valence-corrected chi connectivity index (χ1v) is 9.22. The molecule has 1 aromatic carbocycles. The number of hydrogen-bond acceptors (Lipinski definition) is 7. The Morgan fingerprint density at radius 3 is 2.36 bits per heavy atom. The Morgan fingerprint density at radius 1 is 1.07 bits per heavy atom. The summed E-state index contributed by atoms with van der Waals surface area (Å²) in [5, 5.41) is 5.21. The first-order chi connectivity index (χ1) is 13.4. The molecule has 0 atom stereocenters. The summed E-state index contributed by atoms with van der Waals surface area (Å²) >= 11 is 0.912. The molecule has 2 aromatic rings. The minimum atomic E-state index is -0.657. The summed E-state index contributed by atoms with van der Waals surface area (Å²) in [6, 6.07) is 8.44. The molecule has 1 aromatic heterocycles. The van der Waals surface area contributed by atoms with Crippen molar-refractivity contribution in [1.82, 2.24) is 5.32 Å². The topological polar surface area (TPSA) is 111 Å². The zero-order chi connectivity index (χ0) is 20.7. The molecule has 0 saturated carbocycles. The quantitative estimate of drug-likeness (QED) is 0.686. The summed E-state index contributed by atoms with van der Waals surface area (Å²) in [6.07, 6.45) is 0. The van der Waals surface area contributed by atoms with Crippen LogP contribution in [0.15, 0.2) is 30.3 Å². The second-order valence-electron chi connectivity index (χ2n) is 5.57. The highest BCUT2D eigenvalue weighted by atomic mass is 32.1. The number of hydrogen-bond donors (Lipinski definition) is 2. The van der Waals surface area contributed by atoms with Gasteiger partial charge in [0.15, 0.2) is 0 Å². The molecule has 28 heavy (non-hydrogen) atoms. The van der Waals surface area contributed by atoms with Gasteiger partial charge in [0.2, 0.25) is 5.91 Å². The first kappa shape index (κ1) is 21.1. The number of nitrogens with one attached hydrogen (secondary N) is 2. The van der Waals surface area contributed by atoms with Crippen LogP contribution in [0.1, 0.15) is 42.9 Å². The smallest absolute Gasteiger partial charge is 0.348 e. The Labute approximate surface area is 165 Å². The van der Waals surface area contributed by atoms with E-state index in [1.54, 1.807) is 44.2 Å². The number of rotatable bonds is 7. The number of benzene rings is 1. The van der Waals surface area contributed by atoms with Gasteiger partial charge in [0.1, 0.15) is 9.88 Å². The lowest BCUT2D eigenvalue weighted by Gasteiger charge is -2.08. The first-order valence-electron chi connectivity index (χ1n) is 8.40. The summed E-state index contributed by atoms with van der Waals surface area (Å²) in [7, 11) is 1.23. The van der Waals surface area contributed by atoms with Gasteiger partial charge >= 0.3 is 11.9 Å². The van der Waals surface area contributed by atoms with Gasteiger partial charge in [0.25, 0.3) is 5.91 Å². The summed E-state index contributed by atoms with van der Waals surface area (Å²) in [4.78, 5) is 48.6. The molecular formula is C19H20N2O6S. The average molecular weight is 404 g/mol. The van der Waals surface area contributed by atoms with Crippen molar-refractivity contribution in [2.24, 2.45) is 0 Å². The highest BCUT2D eigenvalue weighted by Crippen LogP contribution is 2.34. The van der Waals surface area contributed by atoms with Gasteiger partial charge in [-0.1, -0.05) is 18.2 Å². The zero-order valence-corrected chi connectivity index (χ0v) is 16.5. The minimum absolute atomic E-state index is 0.0926. The monoisotopic (exact) mass is 404 g/mol. The molecule has 0 radical (unpaired) electrons. The molecule has 2 rings (SSSR count). The van der Waals surface area contributed by atoms with E-state index < -0.39 is 23.8 Å². The molecule has 0 aliphatic carbocycles. The molecule has 2 N–H and O–H groups in total. The maximum Gasteiger partial charge on any atom is 0.348 e. The van der Waals surface area contributed by atoms with Crippen LogP contribution in [-0.4, -0.2) is 44.0 Å². The summed E-state index contributed by atoms with van der Waals surface area (Å²) < 4.78 is 9.72. The molecule has 0 unspecified atom stereocenters. The van der Waals surface area contributed by atoms with E-state index in [0.29, 0.717) is 11.1 Å². The van der Waals surface area contributed by atoms with Crippen LogP contribution >= 0.6 is 11.3 Å². The standard InChI is InChI=1S/C19H20N2O6S/c1-4-27-18(24)14-11(2)15(19(25)26-3)28-17(14)21-13(22)10-20-16(23)12-8-6-5-7-9-12/h5-9H,4,10H2,1-3H3,(H,20,23)(H,21,22). The highest BCUT2D eigenvalue weighted by Gasteiger charge is 2.27. The summed E-state index contributed by atoms with van der Waals surface area (Å²) in [5.41, 5.74) is 0.872. The lowest BCUT2D eigenvalue weighted by molar-refractivity contribution is -0.115. The number of carbonyl (C=O) groups is 4. The largest absolute Gasteiger partial charge is 0.465 e. The molecule has 0 aliphatic rings. The maximum absolute atomic E-state index is 12.3. The molecule has 9 heteroatoms. The van der Waals surface area contributed by atoms with Gasteiger partial charge in [-0.05, 0) is 31.5 Å². The molecule has 8 nitrogen and oxygen atoms in total. The van der Waals surface area contributed by atoms with E-state index in [1.807, 2.05) is 0 Å². The Morgan fingerprint density at radius 2 is 1.75 bits per heavy atom. The van der Waals surface area contributed by atoms with E-state index >= 15 is 0 Å². The molecule has 2 amide bonds. The van der Waals surface area contributed by atoms with E-state index in [1.165, 1.54) is 7.11 Å². The number of ether oxygens (including phenoxy) is 2. The van der Waals surface area contributed by atoms with Crippen LogP contribution in [0.3, 0.4) is 0 Å².